The van der Waals surface area contributed by atoms with Crippen molar-refractivity contribution in [2.45, 2.75) is 25.7 Å². The number of carbonyl (C=O) groups excluding carboxylic acids is 1. The maximum atomic E-state index is 11.5. The molecule has 1 saturated heterocycles. The Morgan fingerprint density at radius 3 is 2.32 bits per heavy atom. The number of nitrogens with two attached hydrogens (primary N) is 1. The van der Waals surface area contributed by atoms with Crippen molar-refractivity contribution in [1.82, 2.24) is 10.3 Å². The van der Waals surface area contributed by atoms with E-state index in [0.29, 0.717) is 5.56 Å². The normalized spacial score (nSPS) is 20.3. The second-order valence-corrected chi connectivity index (χ2v) is 6.46. The minimum atomic E-state index is -0.243. The average Bonchev–Trinajstić information content (AvgIpc) is 3.08. The van der Waals surface area contributed by atoms with Gasteiger partial charge in [0.05, 0.1) is 0 Å². The molecule has 1 aliphatic carbocycles. The number of piperazine rings is 1. The van der Waals surface area contributed by atoms with Crippen LogP contribution in [-0.2, 0) is 0 Å². The number of hydrogen-bond acceptors (Lipinski definition) is 4. The molecule has 0 spiro atoms. The molecule has 0 aromatic heterocycles. The lowest BCUT2D eigenvalue weighted by atomic mass is 10.1. The molecule has 0 radical (unpaired) electrons. The van der Waals surface area contributed by atoms with Gasteiger partial charge in [-0.2, -0.15) is 0 Å². The molecule has 3 rings (SSSR count). The third-order valence-electron chi connectivity index (χ3n) is 4.99. The summed E-state index contributed by atoms with van der Waals surface area (Å²) >= 11 is 0. The van der Waals surface area contributed by atoms with Gasteiger partial charge in [0.25, 0.3) is 5.91 Å². The van der Waals surface area contributed by atoms with E-state index >= 15 is 0 Å². The first-order chi connectivity index (χ1) is 10.8. The van der Waals surface area contributed by atoms with Crippen molar-refractivity contribution in [2.75, 3.05) is 37.6 Å². The molecule has 1 amide bonds. The number of carbonyl (C=O) groups is 1. The smallest absolute Gasteiger partial charge is 0.265 e. The van der Waals surface area contributed by atoms with Gasteiger partial charge in [0, 0.05) is 44.0 Å². The zero-order valence-electron chi connectivity index (χ0n) is 13.1. The number of nitrogen functional groups attached to an aromatic ring is 1. The van der Waals surface area contributed by atoms with Crippen LogP contribution < -0.4 is 16.2 Å². The van der Waals surface area contributed by atoms with Gasteiger partial charge in [-0.15, -0.1) is 0 Å². The second kappa shape index (κ2) is 7.11. The van der Waals surface area contributed by atoms with E-state index < -0.39 is 0 Å². The minimum absolute atomic E-state index is 0.243. The number of amides is 1. The molecule has 1 aromatic rings. The molecule has 5 heteroatoms. The first-order valence-electron chi connectivity index (χ1n) is 8.34. The third kappa shape index (κ3) is 3.59. The van der Waals surface area contributed by atoms with Crippen molar-refractivity contribution in [3.63, 3.8) is 0 Å². The van der Waals surface area contributed by atoms with Crippen LogP contribution in [0.25, 0.3) is 0 Å². The van der Waals surface area contributed by atoms with Crippen LogP contribution in [-0.4, -0.2) is 43.5 Å². The number of nitrogens with zero attached hydrogens (tertiary/aromatic N) is 2. The molecule has 1 aliphatic heterocycles. The maximum Gasteiger partial charge on any atom is 0.265 e. The van der Waals surface area contributed by atoms with Crippen molar-refractivity contribution < 1.29 is 4.79 Å². The Labute approximate surface area is 132 Å². The predicted octanol–water partition coefficient (Wildman–Crippen LogP) is 1.60. The van der Waals surface area contributed by atoms with Crippen molar-refractivity contribution in [2.24, 2.45) is 11.8 Å². The van der Waals surface area contributed by atoms with Gasteiger partial charge < -0.3 is 4.90 Å². The highest BCUT2D eigenvalue weighted by Gasteiger charge is 2.22. The molecule has 22 heavy (non-hydrogen) atoms. The lowest BCUT2D eigenvalue weighted by Gasteiger charge is -2.37. The van der Waals surface area contributed by atoms with E-state index in [0.717, 1.165) is 32.1 Å². The molecule has 1 aromatic carbocycles. The molecule has 3 N–H and O–H groups in total. The van der Waals surface area contributed by atoms with E-state index in [1.54, 1.807) is 0 Å². The fourth-order valence-corrected chi connectivity index (χ4v) is 3.65. The Morgan fingerprint density at radius 2 is 1.73 bits per heavy atom. The van der Waals surface area contributed by atoms with E-state index in [-0.39, 0.29) is 5.91 Å². The summed E-state index contributed by atoms with van der Waals surface area (Å²) in [5.74, 6) is 5.84. The molecule has 0 unspecified atom stereocenters. The molecule has 5 nitrogen and oxygen atoms in total. The summed E-state index contributed by atoms with van der Waals surface area (Å²) in [7, 11) is 0. The Bertz CT molecular complexity index is 488. The first kappa shape index (κ1) is 15.3. The van der Waals surface area contributed by atoms with Crippen molar-refractivity contribution in [1.29, 1.82) is 0 Å². The molecule has 2 aliphatic rings. The standard InChI is InChI=1S/C17H26N4O/c18-19-17(22)15-5-7-16(8-6-15)21-11-9-20(10-12-21)13-14-3-1-2-4-14/h5-8,14H,1-4,9-13,18H2,(H,19,22). The minimum Gasteiger partial charge on any atom is -0.369 e. The third-order valence-corrected chi connectivity index (χ3v) is 4.99. The predicted molar refractivity (Wildman–Crippen MR) is 88.7 cm³/mol. The van der Waals surface area contributed by atoms with E-state index in [1.165, 1.54) is 37.9 Å². The summed E-state index contributed by atoms with van der Waals surface area (Å²) in [4.78, 5) is 16.5. The number of hydrogen-bond donors (Lipinski definition) is 2. The number of nitrogens with one attached hydrogen (secondary N) is 1. The number of rotatable bonds is 4. The Balaban J connectivity index is 1.51. The van der Waals surface area contributed by atoms with Gasteiger partial charge in [-0.05, 0) is 43.0 Å². The topological polar surface area (TPSA) is 61.6 Å². The van der Waals surface area contributed by atoms with Gasteiger partial charge in [-0.25, -0.2) is 5.84 Å². The van der Waals surface area contributed by atoms with E-state index in [1.807, 2.05) is 24.3 Å². The fraction of sp³-hybridized carbons (Fsp3) is 0.588. The quantitative estimate of drug-likeness (QED) is 0.504. The van der Waals surface area contributed by atoms with Crippen LogP contribution in [0.3, 0.4) is 0 Å². The Kier molecular flexibility index (Phi) is 4.95. The van der Waals surface area contributed by atoms with Crippen LogP contribution in [0.5, 0.6) is 0 Å². The molecule has 0 atom stereocenters. The summed E-state index contributed by atoms with van der Waals surface area (Å²) in [5.41, 5.74) is 3.95. The van der Waals surface area contributed by atoms with Crippen LogP contribution in [0.4, 0.5) is 5.69 Å². The number of anilines is 1. The lowest BCUT2D eigenvalue weighted by molar-refractivity contribution is 0.0953. The molecule has 120 valence electrons. The number of hydrazine groups is 1. The highest BCUT2D eigenvalue weighted by Crippen LogP contribution is 2.26. The largest absolute Gasteiger partial charge is 0.369 e. The molecular formula is C17H26N4O. The van der Waals surface area contributed by atoms with Gasteiger partial charge in [0.2, 0.25) is 0 Å². The second-order valence-electron chi connectivity index (χ2n) is 6.46. The molecular weight excluding hydrogens is 276 g/mol. The molecule has 1 saturated carbocycles. The summed E-state index contributed by atoms with van der Waals surface area (Å²) in [6.45, 7) is 5.69. The van der Waals surface area contributed by atoms with Gasteiger partial charge in [-0.3, -0.25) is 15.1 Å². The monoisotopic (exact) mass is 302 g/mol. The van der Waals surface area contributed by atoms with Crippen molar-refractivity contribution >= 4 is 11.6 Å². The summed E-state index contributed by atoms with van der Waals surface area (Å²) in [6, 6.07) is 7.69. The van der Waals surface area contributed by atoms with E-state index in [2.05, 4.69) is 15.2 Å². The number of benzene rings is 1. The molecule has 0 bridgehead atoms. The van der Waals surface area contributed by atoms with E-state index in [4.69, 9.17) is 5.84 Å². The Hall–Kier alpha value is -1.59. The Morgan fingerprint density at radius 1 is 1.09 bits per heavy atom. The van der Waals surface area contributed by atoms with Crippen molar-refractivity contribution in [3.8, 4) is 0 Å². The highest BCUT2D eigenvalue weighted by molar-refractivity contribution is 5.94. The highest BCUT2D eigenvalue weighted by atomic mass is 16.2. The van der Waals surface area contributed by atoms with Crippen LogP contribution in [0.15, 0.2) is 24.3 Å². The zero-order valence-corrected chi connectivity index (χ0v) is 13.1. The first-order valence-corrected chi connectivity index (χ1v) is 8.34. The maximum absolute atomic E-state index is 11.5. The summed E-state index contributed by atoms with van der Waals surface area (Å²) in [6.07, 6.45) is 5.69. The van der Waals surface area contributed by atoms with Gasteiger partial charge in [0.1, 0.15) is 0 Å². The van der Waals surface area contributed by atoms with Crippen LogP contribution in [0.1, 0.15) is 36.0 Å². The van der Waals surface area contributed by atoms with Crippen LogP contribution >= 0.6 is 0 Å². The van der Waals surface area contributed by atoms with Gasteiger partial charge >= 0.3 is 0 Å². The average molecular weight is 302 g/mol. The SMILES string of the molecule is NNC(=O)c1ccc(N2CCN(CC3CCCC3)CC2)cc1. The van der Waals surface area contributed by atoms with Gasteiger partial charge in [0.15, 0.2) is 0 Å². The zero-order chi connectivity index (χ0) is 15.4. The van der Waals surface area contributed by atoms with Crippen molar-refractivity contribution in [3.05, 3.63) is 29.8 Å². The van der Waals surface area contributed by atoms with Gasteiger partial charge in [-0.1, -0.05) is 12.8 Å². The molecule has 2 fully saturated rings. The summed E-state index contributed by atoms with van der Waals surface area (Å²) in [5, 5.41) is 0. The fourth-order valence-electron chi connectivity index (χ4n) is 3.65. The van der Waals surface area contributed by atoms with Crippen LogP contribution in [0, 0.1) is 5.92 Å². The van der Waals surface area contributed by atoms with Crippen LogP contribution in [0.2, 0.25) is 0 Å². The molecule has 1 heterocycles. The van der Waals surface area contributed by atoms with E-state index in [9.17, 15) is 4.79 Å². The summed E-state index contributed by atoms with van der Waals surface area (Å²) < 4.78 is 0. The lowest BCUT2D eigenvalue weighted by Crippen LogP contribution is -2.47.